The Hall–Kier alpha value is -3.80. The molecule has 3 atom stereocenters. The molecule has 0 radical (unpaired) electrons. The lowest BCUT2D eigenvalue weighted by molar-refractivity contribution is 0.0786. The van der Waals surface area contributed by atoms with E-state index in [1.165, 1.54) is 0 Å². The minimum atomic E-state index is -0.940. The zero-order valence-corrected chi connectivity index (χ0v) is 23.7. The van der Waals surface area contributed by atoms with Crippen molar-refractivity contribution < 1.29 is 19.4 Å². The predicted octanol–water partition coefficient (Wildman–Crippen LogP) is 4.00. The molecule has 4 heterocycles. The van der Waals surface area contributed by atoms with Crippen molar-refractivity contribution in [1.82, 2.24) is 15.0 Å². The van der Waals surface area contributed by atoms with Crippen LogP contribution in [-0.4, -0.2) is 77.2 Å². The molecule has 3 aromatic rings. The summed E-state index contributed by atoms with van der Waals surface area (Å²) in [4.78, 5) is 31.9. The van der Waals surface area contributed by atoms with Crippen molar-refractivity contribution in [2.75, 3.05) is 53.4 Å². The Morgan fingerprint density at radius 1 is 0.878 bits per heavy atom. The van der Waals surface area contributed by atoms with Gasteiger partial charge in [0.1, 0.15) is 0 Å². The number of anilines is 4. The standard InChI is InChI=1S/C30H37N7O4/c1-19-16-40-15-14-36(19)27-33-26(34-28(35-27)37-24-12-13-25(37)18-41-17-24)20-4-8-22(9-5-20)31-29(38)32-23-10-6-21(7-11-23)30(2,3)39/h4-11,19,24-25,39H,12-18H2,1-3H3,(H2,31,32,38). The van der Waals surface area contributed by atoms with Gasteiger partial charge in [-0.2, -0.15) is 15.0 Å². The molecule has 3 unspecified atom stereocenters. The van der Waals surface area contributed by atoms with E-state index in [0.29, 0.717) is 55.5 Å². The number of nitrogens with zero attached hydrogens (tertiary/aromatic N) is 5. The Balaban J connectivity index is 1.21. The summed E-state index contributed by atoms with van der Waals surface area (Å²) in [6, 6.07) is 15.0. The number of hydrogen-bond acceptors (Lipinski definition) is 9. The highest BCUT2D eigenvalue weighted by Gasteiger charge is 2.39. The third-order valence-electron chi connectivity index (χ3n) is 7.96. The van der Waals surface area contributed by atoms with Gasteiger partial charge in [-0.3, -0.25) is 0 Å². The van der Waals surface area contributed by atoms with E-state index in [-0.39, 0.29) is 24.2 Å². The Labute approximate surface area is 239 Å². The molecular formula is C30H37N7O4. The van der Waals surface area contributed by atoms with Crippen LogP contribution in [0.1, 0.15) is 39.2 Å². The van der Waals surface area contributed by atoms with Crippen LogP contribution in [0.15, 0.2) is 48.5 Å². The first-order valence-electron chi connectivity index (χ1n) is 14.2. The molecule has 3 N–H and O–H groups in total. The molecule has 2 amide bonds. The van der Waals surface area contributed by atoms with Gasteiger partial charge in [0.15, 0.2) is 5.82 Å². The molecule has 3 aliphatic rings. The average molecular weight is 560 g/mol. The summed E-state index contributed by atoms with van der Waals surface area (Å²) >= 11 is 0. The van der Waals surface area contributed by atoms with E-state index in [2.05, 4.69) is 27.4 Å². The van der Waals surface area contributed by atoms with Crippen LogP contribution < -0.4 is 20.4 Å². The van der Waals surface area contributed by atoms with Gasteiger partial charge in [-0.05, 0) is 75.6 Å². The summed E-state index contributed by atoms with van der Waals surface area (Å²) in [7, 11) is 0. The monoisotopic (exact) mass is 559 g/mol. The van der Waals surface area contributed by atoms with Crippen molar-refractivity contribution in [2.45, 2.75) is 57.3 Å². The molecule has 1 aromatic heterocycles. The largest absolute Gasteiger partial charge is 0.386 e. The van der Waals surface area contributed by atoms with E-state index in [1.54, 1.807) is 38.1 Å². The molecule has 2 aromatic carbocycles. The van der Waals surface area contributed by atoms with Crippen molar-refractivity contribution in [1.29, 1.82) is 0 Å². The van der Waals surface area contributed by atoms with Crippen LogP contribution in [-0.2, 0) is 15.1 Å². The number of hydrogen-bond donors (Lipinski definition) is 3. The molecule has 3 aliphatic heterocycles. The molecule has 3 fully saturated rings. The molecular weight excluding hydrogens is 522 g/mol. The fourth-order valence-electron chi connectivity index (χ4n) is 5.66. The second-order valence-electron chi connectivity index (χ2n) is 11.5. The summed E-state index contributed by atoms with van der Waals surface area (Å²) in [5.41, 5.74) is 1.94. The minimum absolute atomic E-state index is 0.157. The second-order valence-corrected chi connectivity index (χ2v) is 11.5. The lowest BCUT2D eigenvalue weighted by atomic mass is 9.98. The number of urea groups is 1. The predicted molar refractivity (Wildman–Crippen MR) is 157 cm³/mol. The van der Waals surface area contributed by atoms with Gasteiger partial charge >= 0.3 is 6.03 Å². The van der Waals surface area contributed by atoms with Crippen LogP contribution in [0.4, 0.5) is 28.1 Å². The Morgan fingerprint density at radius 3 is 2.10 bits per heavy atom. The van der Waals surface area contributed by atoms with Crippen LogP contribution in [0.5, 0.6) is 0 Å². The van der Waals surface area contributed by atoms with E-state index < -0.39 is 5.60 Å². The lowest BCUT2D eigenvalue weighted by Gasteiger charge is -2.36. The van der Waals surface area contributed by atoms with Crippen molar-refractivity contribution in [3.63, 3.8) is 0 Å². The molecule has 3 saturated heterocycles. The topological polar surface area (TPSA) is 125 Å². The van der Waals surface area contributed by atoms with Gasteiger partial charge in [0.25, 0.3) is 0 Å². The number of carbonyl (C=O) groups is 1. The molecule has 11 nitrogen and oxygen atoms in total. The average Bonchev–Trinajstić information content (AvgIpc) is 3.21. The smallest absolute Gasteiger partial charge is 0.323 e. The highest BCUT2D eigenvalue weighted by atomic mass is 16.5. The number of morpholine rings is 2. The number of aromatic nitrogens is 3. The number of ether oxygens (including phenoxy) is 2. The van der Waals surface area contributed by atoms with Crippen LogP contribution in [0, 0.1) is 0 Å². The number of nitrogens with one attached hydrogen (secondary N) is 2. The fourth-order valence-corrected chi connectivity index (χ4v) is 5.66. The molecule has 41 heavy (non-hydrogen) atoms. The van der Waals surface area contributed by atoms with E-state index in [1.807, 2.05) is 24.3 Å². The number of amides is 2. The number of rotatable bonds is 6. The normalized spacial score (nSPS) is 22.5. The van der Waals surface area contributed by atoms with Crippen molar-refractivity contribution in [2.24, 2.45) is 0 Å². The molecule has 6 rings (SSSR count). The van der Waals surface area contributed by atoms with Crippen molar-refractivity contribution in [3.8, 4) is 11.4 Å². The number of aliphatic hydroxyl groups is 1. The molecule has 2 bridgehead atoms. The lowest BCUT2D eigenvalue weighted by Crippen LogP contribution is -2.48. The first-order valence-corrected chi connectivity index (χ1v) is 14.2. The summed E-state index contributed by atoms with van der Waals surface area (Å²) in [6.45, 7) is 8.92. The van der Waals surface area contributed by atoms with Gasteiger partial charge in [0.2, 0.25) is 11.9 Å². The van der Waals surface area contributed by atoms with Crippen LogP contribution in [0.2, 0.25) is 0 Å². The van der Waals surface area contributed by atoms with Gasteiger partial charge in [0, 0.05) is 23.5 Å². The number of carbonyl (C=O) groups excluding carboxylic acids is 1. The van der Waals surface area contributed by atoms with Crippen LogP contribution in [0.3, 0.4) is 0 Å². The Morgan fingerprint density at radius 2 is 1.49 bits per heavy atom. The SMILES string of the molecule is CC1COCCN1c1nc(-c2ccc(NC(=O)Nc3ccc(C(C)(C)O)cc3)cc2)nc(N2C3CCC2COC3)n1. The fraction of sp³-hybridized carbons (Fsp3) is 0.467. The van der Waals surface area contributed by atoms with Gasteiger partial charge in [0.05, 0.1) is 50.2 Å². The van der Waals surface area contributed by atoms with E-state index in [4.69, 9.17) is 24.4 Å². The summed E-state index contributed by atoms with van der Waals surface area (Å²) in [5.74, 6) is 1.94. The molecule has 11 heteroatoms. The maximum atomic E-state index is 12.6. The first-order chi connectivity index (χ1) is 19.7. The summed E-state index contributed by atoms with van der Waals surface area (Å²) in [6.07, 6.45) is 2.14. The van der Waals surface area contributed by atoms with Crippen molar-refractivity contribution in [3.05, 3.63) is 54.1 Å². The Kier molecular flexibility index (Phi) is 7.50. The third kappa shape index (κ3) is 5.97. The van der Waals surface area contributed by atoms with Gasteiger partial charge < -0.3 is 35.0 Å². The van der Waals surface area contributed by atoms with Crippen molar-refractivity contribution >= 4 is 29.3 Å². The number of fused-ring (bicyclic) bond motifs is 2. The van der Waals surface area contributed by atoms with Gasteiger partial charge in [-0.15, -0.1) is 0 Å². The quantitative estimate of drug-likeness (QED) is 0.411. The summed E-state index contributed by atoms with van der Waals surface area (Å²) < 4.78 is 11.4. The van der Waals surface area contributed by atoms with E-state index >= 15 is 0 Å². The van der Waals surface area contributed by atoms with Gasteiger partial charge in [-0.25, -0.2) is 4.79 Å². The zero-order chi connectivity index (χ0) is 28.6. The van der Waals surface area contributed by atoms with Crippen LogP contribution in [0.25, 0.3) is 11.4 Å². The maximum Gasteiger partial charge on any atom is 0.323 e. The molecule has 0 saturated carbocycles. The molecule has 216 valence electrons. The van der Waals surface area contributed by atoms with Gasteiger partial charge in [-0.1, -0.05) is 12.1 Å². The van der Waals surface area contributed by atoms with E-state index in [0.717, 1.165) is 30.5 Å². The van der Waals surface area contributed by atoms with Crippen LogP contribution >= 0.6 is 0 Å². The Bertz CT molecular complexity index is 1360. The van der Waals surface area contributed by atoms with E-state index in [9.17, 15) is 9.90 Å². The molecule has 0 spiro atoms. The molecule has 0 aliphatic carbocycles. The second kappa shape index (κ2) is 11.2. The zero-order valence-electron chi connectivity index (χ0n) is 23.7. The third-order valence-corrected chi connectivity index (χ3v) is 7.96. The first kappa shape index (κ1) is 27.4. The highest BCUT2D eigenvalue weighted by molar-refractivity contribution is 5.99. The number of benzene rings is 2. The maximum absolute atomic E-state index is 12.6. The summed E-state index contributed by atoms with van der Waals surface area (Å²) in [5, 5.41) is 15.8. The minimum Gasteiger partial charge on any atom is -0.386 e. The highest BCUT2D eigenvalue weighted by Crippen LogP contribution is 2.34.